The van der Waals surface area contributed by atoms with Gasteiger partial charge in [-0.1, -0.05) is 48.2 Å². The fourth-order valence-electron chi connectivity index (χ4n) is 2.61. The van der Waals surface area contributed by atoms with Crippen LogP contribution in [0.3, 0.4) is 0 Å². The third-order valence-electron chi connectivity index (χ3n) is 3.80. The number of hydrogen-bond donors (Lipinski definition) is 0. The van der Waals surface area contributed by atoms with Gasteiger partial charge in [-0.2, -0.15) is 0 Å². The molecule has 0 fully saturated rings. The number of para-hydroxylation sites is 1. The third-order valence-corrected chi connectivity index (χ3v) is 4.80. The van der Waals surface area contributed by atoms with Gasteiger partial charge >= 0.3 is 0 Å². The third kappa shape index (κ3) is 3.50. The summed E-state index contributed by atoms with van der Waals surface area (Å²) in [5.74, 6) is 1.05. The van der Waals surface area contributed by atoms with Crippen molar-refractivity contribution >= 4 is 11.8 Å². The first kappa shape index (κ1) is 16.5. The van der Waals surface area contributed by atoms with Crippen molar-refractivity contribution in [1.82, 2.24) is 19.7 Å². The minimum atomic E-state index is -0.234. The molecule has 0 saturated heterocycles. The molecule has 0 bridgehead atoms. The topological polar surface area (TPSA) is 43.6 Å². The Morgan fingerprint density at radius 3 is 2.50 bits per heavy atom. The zero-order valence-corrected chi connectivity index (χ0v) is 14.6. The number of rotatable bonds is 5. The second-order valence-corrected chi connectivity index (χ2v) is 6.55. The first-order valence-corrected chi connectivity index (χ1v) is 9.09. The van der Waals surface area contributed by atoms with Gasteiger partial charge in [-0.25, -0.2) is 4.39 Å². The Morgan fingerprint density at radius 2 is 1.73 bits per heavy atom. The van der Waals surface area contributed by atoms with E-state index in [9.17, 15) is 4.39 Å². The lowest BCUT2D eigenvalue weighted by molar-refractivity contribution is 0.626. The molecule has 0 amide bonds. The van der Waals surface area contributed by atoms with Gasteiger partial charge in [0, 0.05) is 17.6 Å². The molecule has 2 aromatic heterocycles. The van der Waals surface area contributed by atoms with Gasteiger partial charge in [-0.05, 0) is 42.0 Å². The zero-order valence-electron chi connectivity index (χ0n) is 13.8. The Bertz CT molecular complexity index is 1000. The molecule has 26 heavy (non-hydrogen) atoms. The lowest BCUT2D eigenvalue weighted by Crippen LogP contribution is -2.00. The maximum atomic E-state index is 13.4. The zero-order chi connectivity index (χ0) is 17.8. The molecule has 0 N–H and O–H groups in total. The van der Waals surface area contributed by atoms with Crippen molar-refractivity contribution < 1.29 is 4.39 Å². The molecule has 4 aromatic rings. The molecule has 0 spiro atoms. The van der Waals surface area contributed by atoms with Gasteiger partial charge in [0.1, 0.15) is 11.5 Å². The van der Waals surface area contributed by atoms with Gasteiger partial charge in [-0.15, -0.1) is 10.2 Å². The van der Waals surface area contributed by atoms with E-state index >= 15 is 0 Å². The van der Waals surface area contributed by atoms with E-state index in [1.807, 2.05) is 59.2 Å². The lowest BCUT2D eigenvalue weighted by atomic mass is 10.2. The summed E-state index contributed by atoms with van der Waals surface area (Å²) in [5, 5.41) is 9.43. The normalized spacial score (nSPS) is 10.8. The van der Waals surface area contributed by atoms with Crippen LogP contribution < -0.4 is 0 Å². The number of halogens is 1. The summed E-state index contributed by atoms with van der Waals surface area (Å²) in [7, 11) is 0. The Hall–Kier alpha value is -2.99. The highest BCUT2D eigenvalue weighted by Gasteiger charge is 2.16. The molecule has 0 aliphatic rings. The van der Waals surface area contributed by atoms with E-state index in [1.54, 1.807) is 12.3 Å². The van der Waals surface area contributed by atoms with Crippen molar-refractivity contribution in [1.29, 1.82) is 0 Å². The molecule has 2 aromatic carbocycles. The van der Waals surface area contributed by atoms with Crippen LogP contribution in [0, 0.1) is 5.82 Å². The number of hydrogen-bond acceptors (Lipinski definition) is 4. The van der Waals surface area contributed by atoms with Gasteiger partial charge < -0.3 is 0 Å². The lowest BCUT2D eigenvalue weighted by Gasteiger charge is -2.10. The summed E-state index contributed by atoms with van der Waals surface area (Å²) in [6, 6.07) is 22.2. The quantitative estimate of drug-likeness (QED) is 0.480. The smallest absolute Gasteiger partial charge is 0.196 e. The van der Waals surface area contributed by atoms with Crippen LogP contribution >= 0.6 is 11.8 Å². The van der Waals surface area contributed by atoms with E-state index < -0.39 is 0 Å². The molecule has 4 rings (SSSR count). The van der Waals surface area contributed by atoms with Crippen molar-refractivity contribution in [2.24, 2.45) is 0 Å². The Morgan fingerprint density at radius 1 is 0.885 bits per heavy atom. The van der Waals surface area contributed by atoms with Crippen LogP contribution in [0.25, 0.3) is 17.2 Å². The van der Waals surface area contributed by atoms with Crippen LogP contribution in [-0.2, 0) is 5.75 Å². The molecule has 0 aliphatic heterocycles. The highest BCUT2D eigenvalue weighted by molar-refractivity contribution is 7.98. The minimum absolute atomic E-state index is 0.234. The summed E-state index contributed by atoms with van der Waals surface area (Å²) < 4.78 is 15.4. The molecular formula is C20H15FN4S. The van der Waals surface area contributed by atoms with E-state index in [2.05, 4.69) is 15.2 Å². The minimum Gasteiger partial charge on any atom is -0.269 e. The number of nitrogens with zero attached hydrogens (tertiary/aromatic N) is 4. The van der Waals surface area contributed by atoms with Gasteiger partial charge in [0.2, 0.25) is 0 Å². The summed E-state index contributed by atoms with van der Waals surface area (Å²) in [4.78, 5) is 4.40. The van der Waals surface area contributed by atoms with Crippen molar-refractivity contribution in [3.8, 4) is 17.2 Å². The monoisotopic (exact) mass is 362 g/mol. The van der Waals surface area contributed by atoms with Gasteiger partial charge in [-0.3, -0.25) is 9.55 Å². The Balaban J connectivity index is 1.72. The standard InChI is InChI=1S/C20H15FN4S/c21-16-8-6-7-15(13-16)14-26-20-24-23-19(18-11-4-5-12-22-18)25(20)17-9-2-1-3-10-17/h1-13H,14H2. The fourth-order valence-corrected chi connectivity index (χ4v) is 3.50. The summed E-state index contributed by atoms with van der Waals surface area (Å²) in [6.07, 6.45) is 1.74. The molecule has 2 heterocycles. The van der Waals surface area contributed by atoms with Gasteiger partial charge in [0.15, 0.2) is 11.0 Å². The predicted octanol–water partition coefficient (Wildman–Crippen LogP) is 4.76. The van der Waals surface area contributed by atoms with Crippen molar-refractivity contribution in [3.63, 3.8) is 0 Å². The average molecular weight is 362 g/mol. The molecule has 0 atom stereocenters. The second kappa shape index (κ2) is 7.49. The SMILES string of the molecule is Fc1cccc(CSc2nnc(-c3ccccn3)n2-c2ccccc2)c1. The van der Waals surface area contributed by atoms with E-state index in [0.29, 0.717) is 11.6 Å². The maximum Gasteiger partial charge on any atom is 0.196 e. The molecule has 0 saturated carbocycles. The van der Waals surface area contributed by atoms with Crippen molar-refractivity contribution in [2.75, 3.05) is 0 Å². The molecule has 128 valence electrons. The van der Waals surface area contributed by atoms with E-state index in [1.165, 1.54) is 23.9 Å². The number of aromatic nitrogens is 4. The van der Waals surface area contributed by atoms with E-state index in [-0.39, 0.29) is 5.82 Å². The second-order valence-electron chi connectivity index (χ2n) is 5.61. The summed E-state index contributed by atoms with van der Waals surface area (Å²) in [5.41, 5.74) is 2.61. The largest absolute Gasteiger partial charge is 0.269 e. The molecule has 4 nitrogen and oxygen atoms in total. The Kier molecular flexibility index (Phi) is 4.75. The van der Waals surface area contributed by atoms with E-state index in [4.69, 9.17) is 0 Å². The highest BCUT2D eigenvalue weighted by atomic mass is 32.2. The predicted molar refractivity (Wildman–Crippen MR) is 101 cm³/mol. The molecular weight excluding hydrogens is 347 g/mol. The fraction of sp³-hybridized carbons (Fsp3) is 0.0500. The van der Waals surface area contributed by atoms with Crippen LogP contribution in [0.2, 0.25) is 0 Å². The molecule has 6 heteroatoms. The van der Waals surface area contributed by atoms with Crippen LogP contribution in [0.1, 0.15) is 5.56 Å². The molecule has 0 aliphatic carbocycles. The Labute approximate surface area is 154 Å². The van der Waals surface area contributed by atoms with Gasteiger partial charge in [0.25, 0.3) is 0 Å². The van der Waals surface area contributed by atoms with Crippen molar-refractivity contribution in [3.05, 3.63) is 90.4 Å². The molecule has 0 radical (unpaired) electrons. The van der Waals surface area contributed by atoms with Crippen LogP contribution in [-0.4, -0.2) is 19.7 Å². The number of thioether (sulfide) groups is 1. The average Bonchev–Trinajstić information content (AvgIpc) is 3.12. The van der Waals surface area contributed by atoms with Crippen molar-refractivity contribution in [2.45, 2.75) is 10.9 Å². The van der Waals surface area contributed by atoms with Crippen LogP contribution in [0.15, 0.2) is 84.1 Å². The summed E-state index contributed by atoms with van der Waals surface area (Å²) >= 11 is 1.51. The van der Waals surface area contributed by atoms with E-state index in [0.717, 1.165) is 22.1 Å². The number of pyridine rings is 1. The summed E-state index contributed by atoms with van der Waals surface area (Å²) in [6.45, 7) is 0. The maximum absolute atomic E-state index is 13.4. The highest BCUT2D eigenvalue weighted by Crippen LogP contribution is 2.28. The van der Waals surface area contributed by atoms with Crippen LogP contribution in [0.5, 0.6) is 0 Å². The first-order chi connectivity index (χ1) is 12.8. The molecule has 0 unspecified atom stereocenters. The number of benzene rings is 2. The van der Waals surface area contributed by atoms with Crippen LogP contribution in [0.4, 0.5) is 4.39 Å². The van der Waals surface area contributed by atoms with Gasteiger partial charge in [0.05, 0.1) is 0 Å². The first-order valence-electron chi connectivity index (χ1n) is 8.11.